The number of carbonyl (C=O) groups excluding carboxylic acids is 1. The van der Waals surface area contributed by atoms with Crippen molar-refractivity contribution < 1.29 is 14.6 Å². The summed E-state index contributed by atoms with van der Waals surface area (Å²) in [6.07, 6.45) is 9.77. The fraction of sp³-hybridized carbons (Fsp3) is 0.759. The number of halogens is 1. The van der Waals surface area contributed by atoms with E-state index in [1.54, 1.807) is 0 Å². The molecule has 6 rings (SSSR count). The molecule has 1 aromatic rings. The molecule has 4 saturated carbocycles. The maximum absolute atomic E-state index is 13.8. The fourth-order valence-electron chi connectivity index (χ4n) is 9.73. The zero-order valence-corrected chi connectivity index (χ0v) is 22.7. The van der Waals surface area contributed by atoms with Gasteiger partial charge in [0.05, 0.1) is 30.1 Å². The van der Waals surface area contributed by atoms with E-state index in [-0.39, 0.29) is 16.7 Å². The minimum Gasteiger partial charge on any atom is -0.390 e. The van der Waals surface area contributed by atoms with E-state index in [0.29, 0.717) is 41.0 Å². The zero-order valence-electron chi connectivity index (χ0n) is 22.0. The average Bonchev–Trinajstić information content (AvgIpc) is 3.39. The van der Waals surface area contributed by atoms with E-state index in [4.69, 9.17) is 16.3 Å². The monoisotopic (exact) mass is 515 g/mol. The standard InChI is InChI=1S/C29H42ClN3O3/c1-27(35)12-13-29(17-36-3)18(15-27)4-6-20-21-7-8-23(28(21,2)11-10-22(20)29)26(34)16-33-25-9-5-19(30)14-24(25)31-32-33/h5,9,14,18,20-23,31-32,35H,4,6-8,10-13,15-17H2,1-3H3/t18-,20+,21+,22+,23-,27-,28+,29-/m1/s1. The molecular weight excluding hydrogens is 474 g/mol. The number of hydrazine groups is 2. The van der Waals surface area contributed by atoms with Crippen LogP contribution in [0.3, 0.4) is 0 Å². The van der Waals surface area contributed by atoms with Crippen molar-refractivity contribution in [3.05, 3.63) is 23.2 Å². The summed E-state index contributed by atoms with van der Waals surface area (Å²) in [5, 5.41) is 13.5. The Balaban J connectivity index is 1.20. The molecule has 0 amide bonds. The molecule has 198 valence electrons. The van der Waals surface area contributed by atoms with Crippen molar-refractivity contribution in [3.63, 3.8) is 0 Å². The van der Waals surface area contributed by atoms with Crippen LogP contribution in [-0.2, 0) is 9.53 Å². The summed E-state index contributed by atoms with van der Waals surface area (Å²) in [4.78, 5) is 13.8. The molecule has 0 spiro atoms. The molecule has 6 nitrogen and oxygen atoms in total. The summed E-state index contributed by atoms with van der Waals surface area (Å²) in [7, 11) is 1.85. The number of nitrogens with one attached hydrogen (secondary N) is 2. The number of ether oxygens (including phenoxy) is 1. The van der Waals surface area contributed by atoms with Crippen LogP contribution in [0.2, 0.25) is 5.02 Å². The first-order valence-electron chi connectivity index (χ1n) is 14.0. The number of aliphatic hydroxyl groups is 1. The molecule has 0 radical (unpaired) electrons. The molecule has 0 bridgehead atoms. The first-order valence-corrected chi connectivity index (χ1v) is 14.4. The number of hydrogen-bond acceptors (Lipinski definition) is 6. The predicted molar refractivity (Wildman–Crippen MR) is 143 cm³/mol. The van der Waals surface area contributed by atoms with Gasteiger partial charge in [-0.05, 0) is 117 Å². The third-order valence-corrected chi connectivity index (χ3v) is 11.6. The van der Waals surface area contributed by atoms with Crippen molar-refractivity contribution in [2.75, 3.05) is 30.7 Å². The molecule has 4 aliphatic carbocycles. The molecule has 8 atom stereocenters. The summed E-state index contributed by atoms with van der Waals surface area (Å²) >= 11 is 6.14. The molecule has 1 aromatic carbocycles. The largest absolute Gasteiger partial charge is 0.390 e. The number of fused-ring (bicyclic) bond motifs is 6. The number of carbonyl (C=O) groups is 1. The van der Waals surface area contributed by atoms with Gasteiger partial charge in [0.25, 0.3) is 0 Å². The van der Waals surface area contributed by atoms with Gasteiger partial charge in [0.2, 0.25) is 0 Å². The van der Waals surface area contributed by atoms with Crippen molar-refractivity contribution >= 4 is 28.8 Å². The van der Waals surface area contributed by atoms with Gasteiger partial charge >= 0.3 is 0 Å². The van der Waals surface area contributed by atoms with Crippen LogP contribution in [0.15, 0.2) is 18.2 Å². The molecular formula is C29H42ClN3O3. The highest BCUT2D eigenvalue weighted by molar-refractivity contribution is 6.31. The number of anilines is 2. The van der Waals surface area contributed by atoms with Crippen molar-refractivity contribution in [2.45, 2.75) is 77.2 Å². The van der Waals surface area contributed by atoms with Crippen molar-refractivity contribution in [3.8, 4) is 0 Å². The van der Waals surface area contributed by atoms with E-state index in [1.807, 2.05) is 37.2 Å². The molecule has 7 heteroatoms. The number of rotatable bonds is 5. The van der Waals surface area contributed by atoms with Crippen LogP contribution in [0.5, 0.6) is 0 Å². The Bertz CT molecular complexity index is 1030. The second-order valence-electron chi connectivity index (χ2n) is 13.1. The molecule has 3 N–H and O–H groups in total. The van der Waals surface area contributed by atoms with Crippen molar-refractivity contribution in [1.82, 2.24) is 5.53 Å². The second kappa shape index (κ2) is 8.86. The van der Waals surface area contributed by atoms with E-state index in [9.17, 15) is 9.90 Å². The molecule has 5 aliphatic rings. The summed E-state index contributed by atoms with van der Waals surface area (Å²) in [5.74, 6) is 2.95. The smallest absolute Gasteiger partial charge is 0.157 e. The third kappa shape index (κ3) is 3.81. The molecule has 0 aromatic heterocycles. The van der Waals surface area contributed by atoms with Crippen LogP contribution in [0, 0.1) is 40.4 Å². The molecule has 0 saturated heterocycles. The molecule has 36 heavy (non-hydrogen) atoms. The van der Waals surface area contributed by atoms with Crippen molar-refractivity contribution in [2.24, 2.45) is 40.4 Å². The summed E-state index contributed by atoms with van der Waals surface area (Å²) in [6.45, 7) is 5.64. The Morgan fingerprint density at radius 2 is 1.97 bits per heavy atom. The SMILES string of the molecule is COC[C@]12CC[C@@](C)(O)C[C@H]1CC[C@H]1[C@@H]3CC[C@H](C(=O)CN4NNc5cc(Cl)ccc54)[C@@]3(C)CC[C@@H]12. The van der Waals surface area contributed by atoms with Gasteiger partial charge in [-0.15, -0.1) is 5.53 Å². The van der Waals surface area contributed by atoms with E-state index in [0.717, 1.165) is 56.5 Å². The average molecular weight is 516 g/mol. The van der Waals surface area contributed by atoms with Crippen LogP contribution in [0.4, 0.5) is 11.4 Å². The molecule has 0 unspecified atom stereocenters. The number of Topliss-reactive ketones (excluding diaryl/α,β-unsaturated/α-hetero) is 1. The summed E-state index contributed by atoms with van der Waals surface area (Å²) in [5.41, 5.74) is 7.93. The summed E-state index contributed by atoms with van der Waals surface area (Å²) < 4.78 is 5.90. The molecule has 1 aliphatic heterocycles. The minimum absolute atomic E-state index is 0.0789. The van der Waals surface area contributed by atoms with E-state index < -0.39 is 5.60 Å². The quantitative estimate of drug-likeness (QED) is 0.474. The van der Waals surface area contributed by atoms with Gasteiger partial charge < -0.3 is 15.3 Å². The number of benzene rings is 1. The van der Waals surface area contributed by atoms with Gasteiger partial charge in [0.15, 0.2) is 5.78 Å². The normalized spacial score (nSPS) is 43.2. The van der Waals surface area contributed by atoms with Gasteiger partial charge in [-0.25, -0.2) is 0 Å². The Morgan fingerprint density at radius 3 is 2.78 bits per heavy atom. The van der Waals surface area contributed by atoms with Crippen LogP contribution >= 0.6 is 11.6 Å². The summed E-state index contributed by atoms with van der Waals surface area (Å²) in [6, 6.07) is 5.73. The Morgan fingerprint density at radius 1 is 1.14 bits per heavy atom. The highest BCUT2D eigenvalue weighted by atomic mass is 35.5. The molecule has 4 fully saturated rings. The minimum atomic E-state index is -0.536. The number of nitrogens with zero attached hydrogens (tertiary/aromatic N) is 1. The maximum atomic E-state index is 13.8. The fourth-order valence-corrected chi connectivity index (χ4v) is 9.91. The zero-order chi connectivity index (χ0) is 25.3. The first-order chi connectivity index (χ1) is 17.2. The molecule has 1 heterocycles. The van der Waals surface area contributed by atoms with Gasteiger partial charge in [0, 0.05) is 18.1 Å². The van der Waals surface area contributed by atoms with Crippen LogP contribution in [0.1, 0.15) is 71.6 Å². The van der Waals surface area contributed by atoms with Gasteiger partial charge in [-0.3, -0.25) is 9.80 Å². The van der Waals surface area contributed by atoms with Gasteiger partial charge in [0.1, 0.15) is 0 Å². The van der Waals surface area contributed by atoms with Crippen LogP contribution < -0.4 is 16.0 Å². The van der Waals surface area contributed by atoms with Crippen LogP contribution in [0.25, 0.3) is 0 Å². The highest BCUT2D eigenvalue weighted by Crippen LogP contribution is 2.68. The third-order valence-electron chi connectivity index (χ3n) is 11.3. The predicted octanol–water partition coefficient (Wildman–Crippen LogP) is 5.60. The Kier molecular flexibility index (Phi) is 6.14. The van der Waals surface area contributed by atoms with Crippen LogP contribution in [-0.4, -0.2) is 36.8 Å². The lowest BCUT2D eigenvalue weighted by atomic mass is 9.43. The van der Waals surface area contributed by atoms with E-state index in [1.165, 1.54) is 19.3 Å². The maximum Gasteiger partial charge on any atom is 0.157 e. The highest BCUT2D eigenvalue weighted by Gasteiger charge is 2.63. The van der Waals surface area contributed by atoms with E-state index >= 15 is 0 Å². The number of hydrogen-bond donors (Lipinski definition) is 3. The van der Waals surface area contributed by atoms with Crippen molar-refractivity contribution in [1.29, 1.82) is 0 Å². The van der Waals surface area contributed by atoms with E-state index in [2.05, 4.69) is 17.9 Å². The second-order valence-corrected chi connectivity index (χ2v) is 13.6. The lowest BCUT2D eigenvalue weighted by molar-refractivity contribution is -0.175. The number of methoxy groups -OCH3 is 1. The lowest BCUT2D eigenvalue weighted by Crippen LogP contribution is -2.58. The van der Waals surface area contributed by atoms with Gasteiger partial charge in [-0.2, -0.15) is 0 Å². The Labute approximate surface area is 220 Å². The topological polar surface area (TPSA) is 73.8 Å². The van der Waals surface area contributed by atoms with Gasteiger partial charge in [-0.1, -0.05) is 18.5 Å². The first kappa shape index (κ1) is 25.0. The number of ketones is 1. The Hall–Kier alpha value is -1.34. The lowest BCUT2D eigenvalue weighted by Gasteiger charge is -2.62.